The summed E-state index contributed by atoms with van der Waals surface area (Å²) in [5.41, 5.74) is 6.22. The van der Waals surface area contributed by atoms with Crippen LogP contribution in [0.4, 0.5) is 5.69 Å². The van der Waals surface area contributed by atoms with Gasteiger partial charge in [0.15, 0.2) is 0 Å². The van der Waals surface area contributed by atoms with Gasteiger partial charge in [0.1, 0.15) is 16.5 Å². The zero-order valence-electron chi connectivity index (χ0n) is 9.18. The number of phenolic OH excluding ortho intramolecular Hbond substituents is 1. The second kappa shape index (κ2) is 5.34. The van der Waals surface area contributed by atoms with Crippen LogP contribution in [0.25, 0.3) is 0 Å². The van der Waals surface area contributed by atoms with Crippen LogP contribution >= 0.6 is 22.9 Å². The Morgan fingerprint density at radius 1 is 1.56 bits per heavy atom. The lowest BCUT2D eigenvalue weighted by Gasteiger charge is -2.04. The van der Waals surface area contributed by atoms with Gasteiger partial charge in [0, 0.05) is 17.6 Å². The Balaban J connectivity index is 2.13. The van der Waals surface area contributed by atoms with Gasteiger partial charge in [-0.05, 0) is 18.2 Å². The number of anilines is 1. The first-order valence-corrected chi connectivity index (χ1v) is 6.30. The molecule has 0 radical (unpaired) electrons. The van der Waals surface area contributed by atoms with Crippen LogP contribution in [-0.2, 0) is 6.54 Å². The highest BCUT2D eigenvalue weighted by Crippen LogP contribution is 2.26. The number of nitrogens with two attached hydrogens (primary N) is 1. The third-order valence-electron chi connectivity index (χ3n) is 2.16. The van der Waals surface area contributed by atoms with Crippen molar-refractivity contribution in [3.05, 3.63) is 39.3 Å². The van der Waals surface area contributed by atoms with E-state index in [1.807, 2.05) is 0 Å². The van der Waals surface area contributed by atoms with Gasteiger partial charge < -0.3 is 16.2 Å². The summed E-state index contributed by atoms with van der Waals surface area (Å²) in [5.74, 6) is -0.374. The lowest BCUT2D eigenvalue weighted by Crippen LogP contribution is -2.12. The summed E-state index contributed by atoms with van der Waals surface area (Å²) >= 11 is 7.07. The summed E-state index contributed by atoms with van der Waals surface area (Å²) in [5, 5.41) is 14.4. The number of halogens is 1. The minimum atomic E-state index is -0.340. The van der Waals surface area contributed by atoms with Crippen molar-refractivity contribution in [1.29, 1.82) is 0 Å². The molecule has 0 aliphatic carbocycles. The number of phenols is 1. The SMILES string of the molecule is NCc1nc(C(=O)Nc2ccc(O)c(Cl)c2)cs1. The number of benzene rings is 1. The van der Waals surface area contributed by atoms with E-state index in [9.17, 15) is 9.90 Å². The number of aromatic hydroxyl groups is 1. The van der Waals surface area contributed by atoms with E-state index in [0.717, 1.165) is 0 Å². The number of hydrogen-bond acceptors (Lipinski definition) is 5. The molecule has 0 unspecified atom stereocenters. The molecule has 0 fully saturated rings. The highest BCUT2D eigenvalue weighted by molar-refractivity contribution is 7.09. The van der Waals surface area contributed by atoms with Crippen LogP contribution < -0.4 is 11.1 Å². The van der Waals surface area contributed by atoms with Crippen molar-refractivity contribution < 1.29 is 9.90 Å². The van der Waals surface area contributed by atoms with Gasteiger partial charge in [-0.1, -0.05) is 11.6 Å². The zero-order chi connectivity index (χ0) is 13.1. The molecule has 0 saturated heterocycles. The monoisotopic (exact) mass is 283 g/mol. The molecule has 2 aromatic rings. The number of thiazole rings is 1. The third kappa shape index (κ3) is 2.79. The topological polar surface area (TPSA) is 88.2 Å². The molecule has 0 spiro atoms. The fourth-order valence-electron chi connectivity index (χ4n) is 1.29. The van der Waals surface area contributed by atoms with Crippen molar-refractivity contribution in [3.63, 3.8) is 0 Å². The normalized spacial score (nSPS) is 10.3. The highest BCUT2D eigenvalue weighted by atomic mass is 35.5. The molecule has 1 amide bonds. The first-order chi connectivity index (χ1) is 8.60. The number of nitrogens with one attached hydrogen (secondary N) is 1. The first-order valence-electron chi connectivity index (χ1n) is 5.04. The summed E-state index contributed by atoms with van der Waals surface area (Å²) in [6.07, 6.45) is 0. The summed E-state index contributed by atoms with van der Waals surface area (Å²) < 4.78 is 0. The average molecular weight is 284 g/mol. The predicted molar refractivity (Wildman–Crippen MR) is 71.1 cm³/mol. The van der Waals surface area contributed by atoms with Crippen molar-refractivity contribution in [2.45, 2.75) is 6.54 Å². The number of aromatic nitrogens is 1. The van der Waals surface area contributed by atoms with Crippen LogP contribution in [-0.4, -0.2) is 16.0 Å². The Bertz CT molecular complexity index is 585. The fourth-order valence-corrected chi connectivity index (χ4v) is 2.12. The van der Waals surface area contributed by atoms with Gasteiger partial charge in [-0.2, -0.15) is 0 Å². The van der Waals surface area contributed by atoms with Crippen LogP contribution in [0.3, 0.4) is 0 Å². The third-order valence-corrected chi connectivity index (χ3v) is 3.34. The molecule has 1 aromatic heterocycles. The highest BCUT2D eigenvalue weighted by Gasteiger charge is 2.11. The average Bonchev–Trinajstić information content (AvgIpc) is 2.82. The quantitative estimate of drug-likeness (QED) is 0.754. The molecule has 0 aliphatic rings. The van der Waals surface area contributed by atoms with E-state index >= 15 is 0 Å². The molecule has 4 N–H and O–H groups in total. The molecule has 0 aliphatic heterocycles. The minimum absolute atomic E-state index is 0.0336. The van der Waals surface area contributed by atoms with E-state index in [1.54, 1.807) is 11.4 Å². The number of carbonyl (C=O) groups excluding carboxylic acids is 1. The summed E-state index contributed by atoms with van der Waals surface area (Å²) in [7, 11) is 0. The molecule has 0 bridgehead atoms. The van der Waals surface area contributed by atoms with E-state index in [-0.39, 0.29) is 16.7 Å². The second-order valence-corrected chi connectivity index (χ2v) is 4.80. The minimum Gasteiger partial charge on any atom is -0.506 e. The van der Waals surface area contributed by atoms with Crippen molar-refractivity contribution in [1.82, 2.24) is 4.98 Å². The maximum absolute atomic E-state index is 11.8. The van der Waals surface area contributed by atoms with E-state index < -0.39 is 0 Å². The second-order valence-electron chi connectivity index (χ2n) is 3.45. The zero-order valence-corrected chi connectivity index (χ0v) is 10.8. The molecule has 2 rings (SSSR count). The smallest absolute Gasteiger partial charge is 0.275 e. The number of hydrogen-bond donors (Lipinski definition) is 3. The van der Waals surface area contributed by atoms with Crippen molar-refractivity contribution >= 4 is 34.5 Å². The molecular weight excluding hydrogens is 274 g/mol. The Kier molecular flexibility index (Phi) is 3.81. The van der Waals surface area contributed by atoms with E-state index in [2.05, 4.69) is 10.3 Å². The first kappa shape index (κ1) is 12.8. The van der Waals surface area contributed by atoms with Gasteiger partial charge in [-0.15, -0.1) is 11.3 Å². The van der Waals surface area contributed by atoms with Crippen LogP contribution in [0.15, 0.2) is 23.6 Å². The number of rotatable bonds is 3. The molecule has 18 heavy (non-hydrogen) atoms. The van der Waals surface area contributed by atoms with E-state index in [1.165, 1.54) is 23.5 Å². The van der Waals surface area contributed by atoms with E-state index in [0.29, 0.717) is 22.9 Å². The molecule has 5 nitrogen and oxygen atoms in total. The van der Waals surface area contributed by atoms with Gasteiger partial charge in [0.2, 0.25) is 0 Å². The molecule has 7 heteroatoms. The van der Waals surface area contributed by atoms with Crippen LogP contribution in [0.2, 0.25) is 5.02 Å². The van der Waals surface area contributed by atoms with Crippen molar-refractivity contribution in [3.8, 4) is 5.75 Å². The van der Waals surface area contributed by atoms with Gasteiger partial charge in [0.25, 0.3) is 5.91 Å². The van der Waals surface area contributed by atoms with Gasteiger partial charge in [-0.3, -0.25) is 4.79 Å². The van der Waals surface area contributed by atoms with Gasteiger partial charge in [-0.25, -0.2) is 4.98 Å². The molecule has 94 valence electrons. The summed E-state index contributed by atoms with van der Waals surface area (Å²) in [6.45, 7) is 0.309. The predicted octanol–water partition coefficient (Wildman–Crippen LogP) is 2.21. The fraction of sp³-hybridized carbons (Fsp3) is 0.0909. The summed E-state index contributed by atoms with van der Waals surface area (Å²) in [4.78, 5) is 15.9. The number of amides is 1. The largest absolute Gasteiger partial charge is 0.506 e. The van der Waals surface area contributed by atoms with E-state index in [4.69, 9.17) is 17.3 Å². The van der Waals surface area contributed by atoms with Crippen molar-refractivity contribution in [2.75, 3.05) is 5.32 Å². The number of carbonyl (C=O) groups is 1. The Hall–Kier alpha value is -1.63. The van der Waals surface area contributed by atoms with Crippen LogP contribution in [0.1, 0.15) is 15.5 Å². The molecule has 0 atom stereocenters. The lowest BCUT2D eigenvalue weighted by atomic mass is 10.3. The maximum Gasteiger partial charge on any atom is 0.275 e. The molecule has 1 aromatic carbocycles. The Morgan fingerprint density at radius 2 is 2.33 bits per heavy atom. The van der Waals surface area contributed by atoms with Crippen LogP contribution in [0, 0.1) is 0 Å². The summed E-state index contributed by atoms with van der Waals surface area (Å²) in [6, 6.07) is 4.42. The number of nitrogens with zero attached hydrogens (tertiary/aromatic N) is 1. The van der Waals surface area contributed by atoms with Gasteiger partial charge >= 0.3 is 0 Å². The molecule has 1 heterocycles. The van der Waals surface area contributed by atoms with Gasteiger partial charge in [0.05, 0.1) is 5.02 Å². The van der Waals surface area contributed by atoms with Crippen LogP contribution in [0.5, 0.6) is 5.75 Å². The lowest BCUT2D eigenvalue weighted by molar-refractivity contribution is 0.102. The maximum atomic E-state index is 11.8. The standard InChI is InChI=1S/C11H10ClN3O2S/c12-7-3-6(1-2-9(7)16)14-11(17)8-5-18-10(4-13)15-8/h1-3,5,16H,4,13H2,(H,14,17). The molecule has 0 saturated carbocycles. The molecular formula is C11H10ClN3O2S. The van der Waals surface area contributed by atoms with Crippen molar-refractivity contribution in [2.24, 2.45) is 5.73 Å². The Morgan fingerprint density at radius 3 is 2.94 bits per heavy atom. The Labute approximate surface area is 112 Å².